The van der Waals surface area contributed by atoms with Crippen molar-refractivity contribution < 1.29 is 19.4 Å². The number of aliphatic hydroxyl groups is 1. The van der Waals surface area contributed by atoms with E-state index in [1.54, 1.807) is 38.4 Å². The van der Waals surface area contributed by atoms with Crippen LogP contribution in [0.2, 0.25) is 0 Å². The molecule has 1 atom stereocenters. The fourth-order valence-corrected chi connectivity index (χ4v) is 4.14. The highest BCUT2D eigenvalue weighted by molar-refractivity contribution is 6.46. The summed E-state index contributed by atoms with van der Waals surface area (Å²) in [4.78, 5) is 32.0. The molecular formula is C25H26N4O4. The maximum Gasteiger partial charge on any atom is 0.295 e. The van der Waals surface area contributed by atoms with E-state index < -0.39 is 17.7 Å². The van der Waals surface area contributed by atoms with Crippen molar-refractivity contribution in [2.45, 2.75) is 46.4 Å². The number of amides is 1. The topological polar surface area (TPSA) is 108 Å². The highest BCUT2D eigenvalue weighted by Gasteiger charge is 2.46. The zero-order chi connectivity index (χ0) is 23.7. The number of ether oxygens (including phenoxy) is 1. The third kappa shape index (κ3) is 4.24. The molecule has 1 aliphatic rings. The van der Waals surface area contributed by atoms with E-state index in [9.17, 15) is 14.7 Å². The summed E-state index contributed by atoms with van der Waals surface area (Å²) in [5.41, 5.74) is 3.04. The Morgan fingerprint density at radius 2 is 2.00 bits per heavy atom. The maximum absolute atomic E-state index is 13.2. The standard InChI is InChI=1S/C25H26N4O4/c1-14(2)33-19-9-5-8-18(11-19)22-21(23(30)20-15(3)27-28-16(20)4)24(31)25(32)29(22)13-17-7-6-10-26-12-17/h5-12,14,22,30H,13H2,1-4H3,(H,27,28)/b23-21+/t22-/m0/s1. The molecule has 8 nitrogen and oxygen atoms in total. The largest absolute Gasteiger partial charge is 0.507 e. The summed E-state index contributed by atoms with van der Waals surface area (Å²) >= 11 is 0. The first-order chi connectivity index (χ1) is 15.8. The molecule has 4 rings (SSSR count). The van der Waals surface area contributed by atoms with Gasteiger partial charge in [-0.05, 0) is 57.0 Å². The minimum Gasteiger partial charge on any atom is -0.507 e. The van der Waals surface area contributed by atoms with Crippen LogP contribution >= 0.6 is 0 Å². The number of carbonyl (C=O) groups is 2. The Hall–Kier alpha value is -3.94. The lowest BCUT2D eigenvalue weighted by Gasteiger charge is -2.26. The van der Waals surface area contributed by atoms with E-state index in [0.717, 1.165) is 5.56 Å². The van der Waals surface area contributed by atoms with E-state index in [4.69, 9.17) is 4.74 Å². The van der Waals surface area contributed by atoms with Crippen molar-refractivity contribution in [2.75, 3.05) is 0 Å². The normalized spacial score (nSPS) is 17.7. The molecule has 3 aromatic rings. The molecule has 2 aromatic heterocycles. The number of aryl methyl sites for hydroxylation is 2. The number of benzene rings is 1. The van der Waals surface area contributed by atoms with Gasteiger partial charge in [-0.2, -0.15) is 5.10 Å². The molecule has 0 bridgehead atoms. The van der Waals surface area contributed by atoms with Crippen molar-refractivity contribution >= 4 is 17.4 Å². The monoisotopic (exact) mass is 446 g/mol. The van der Waals surface area contributed by atoms with Crippen molar-refractivity contribution in [3.8, 4) is 5.75 Å². The molecule has 0 unspecified atom stereocenters. The van der Waals surface area contributed by atoms with Crippen LogP contribution in [-0.2, 0) is 16.1 Å². The SMILES string of the molecule is Cc1n[nH]c(C)c1/C(O)=C1\C(=O)C(=O)N(Cc2cccnc2)[C@H]1c1cccc(OC(C)C)c1. The lowest BCUT2D eigenvalue weighted by atomic mass is 9.94. The highest BCUT2D eigenvalue weighted by atomic mass is 16.5. The summed E-state index contributed by atoms with van der Waals surface area (Å²) in [6.07, 6.45) is 3.25. The van der Waals surface area contributed by atoms with Crippen LogP contribution in [-0.4, -0.2) is 43.0 Å². The van der Waals surface area contributed by atoms with Gasteiger partial charge in [0.2, 0.25) is 0 Å². The number of likely N-dealkylation sites (tertiary alicyclic amines) is 1. The number of hydrogen-bond acceptors (Lipinski definition) is 6. The lowest BCUT2D eigenvalue weighted by molar-refractivity contribution is -0.140. The molecule has 1 aromatic carbocycles. The Bertz CT molecular complexity index is 1210. The summed E-state index contributed by atoms with van der Waals surface area (Å²) in [6, 6.07) is 10.1. The molecule has 2 N–H and O–H groups in total. The van der Waals surface area contributed by atoms with E-state index in [1.165, 1.54) is 4.90 Å². The van der Waals surface area contributed by atoms with Gasteiger partial charge in [0, 0.05) is 24.6 Å². The second-order valence-corrected chi connectivity index (χ2v) is 8.34. The van der Waals surface area contributed by atoms with Crippen molar-refractivity contribution in [1.29, 1.82) is 0 Å². The van der Waals surface area contributed by atoms with Gasteiger partial charge in [0.05, 0.1) is 29.0 Å². The maximum atomic E-state index is 13.2. The van der Waals surface area contributed by atoms with E-state index in [1.807, 2.05) is 38.1 Å². The van der Waals surface area contributed by atoms with Crippen LogP contribution in [0.25, 0.3) is 5.76 Å². The fraction of sp³-hybridized carbons (Fsp3) is 0.280. The molecule has 0 aliphatic carbocycles. The van der Waals surface area contributed by atoms with Gasteiger partial charge in [0.1, 0.15) is 11.5 Å². The van der Waals surface area contributed by atoms with Crippen molar-refractivity contribution in [2.24, 2.45) is 0 Å². The van der Waals surface area contributed by atoms with Gasteiger partial charge < -0.3 is 14.7 Å². The Morgan fingerprint density at radius 1 is 1.21 bits per heavy atom. The molecule has 3 heterocycles. The average Bonchev–Trinajstić information content (AvgIpc) is 3.24. The second-order valence-electron chi connectivity index (χ2n) is 8.34. The van der Waals surface area contributed by atoms with Crippen LogP contribution in [0.1, 0.15) is 48.0 Å². The van der Waals surface area contributed by atoms with Gasteiger partial charge in [-0.15, -0.1) is 0 Å². The number of ketones is 1. The van der Waals surface area contributed by atoms with Gasteiger partial charge in [-0.1, -0.05) is 18.2 Å². The Kier molecular flexibility index (Phi) is 6.00. The van der Waals surface area contributed by atoms with Gasteiger partial charge in [-0.25, -0.2) is 0 Å². The minimum atomic E-state index is -0.797. The number of hydrogen-bond donors (Lipinski definition) is 2. The highest BCUT2D eigenvalue weighted by Crippen LogP contribution is 2.41. The summed E-state index contributed by atoms with van der Waals surface area (Å²) in [7, 11) is 0. The van der Waals surface area contributed by atoms with Crippen LogP contribution in [0.15, 0.2) is 54.4 Å². The van der Waals surface area contributed by atoms with Crippen LogP contribution < -0.4 is 4.74 Å². The number of rotatable bonds is 6. The number of aromatic nitrogens is 3. The predicted molar refractivity (Wildman–Crippen MR) is 122 cm³/mol. The van der Waals surface area contributed by atoms with Crippen molar-refractivity contribution in [1.82, 2.24) is 20.1 Å². The number of Topliss-reactive ketones (excluding diaryl/α,β-unsaturated/α-hetero) is 1. The Labute approximate surface area is 191 Å². The average molecular weight is 447 g/mol. The Balaban J connectivity index is 1.89. The number of carbonyl (C=O) groups excluding carboxylic acids is 2. The smallest absolute Gasteiger partial charge is 0.295 e. The zero-order valence-electron chi connectivity index (χ0n) is 19.0. The molecule has 33 heavy (non-hydrogen) atoms. The number of nitrogens with one attached hydrogen (secondary N) is 1. The summed E-state index contributed by atoms with van der Waals surface area (Å²) in [5.74, 6) is -1.05. The summed E-state index contributed by atoms with van der Waals surface area (Å²) < 4.78 is 5.84. The number of pyridine rings is 1. The van der Waals surface area contributed by atoms with Crippen LogP contribution in [0, 0.1) is 13.8 Å². The zero-order valence-corrected chi connectivity index (χ0v) is 19.0. The number of aliphatic hydroxyl groups excluding tert-OH is 1. The first-order valence-corrected chi connectivity index (χ1v) is 10.7. The van der Waals surface area contributed by atoms with Crippen LogP contribution in [0.5, 0.6) is 5.75 Å². The van der Waals surface area contributed by atoms with Crippen LogP contribution in [0.4, 0.5) is 0 Å². The van der Waals surface area contributed by atoms with E-state index in [0.29, 0.717) is 28.3 Å². The van der Waals surface area contributed by atoms with E-state index in [2.05, 4.69) is 15.2 Å². The van der Waals surface area contributed by atoms with Gasteiger partial charge in [-0.3, -0.25) is 19.7 Å². The molecule has 170 valence electrons. The minimum absolute atomic E-state index is 0.0261. The van der Waals surface area contributed by atoms with E-state index in [-0.39, 0.29) is 24.0 Å². The van der Waals surface area contributed by atoms with Gasteiger partial charge in [0.25, 0.3) is 11.7 Å². The second kappa shape index (κ2) is 8.90. The number of nitrogens with zero attached hydrogens (tertiary/aromatic N) is 3. The third-order valence-electron chi connectivity index (χ3n) is 5.53. The third-order valence-corrected chi connectivity index (χ3v) is 5.53. The predicted octanol–water partition coefficient (Wildman–Crippen LogP) is 3.83. The quantitative estimate of drug-likeness (QED) is 0.338. The fourth-order valence-electron chi connectivity index (χ4n) is 4.14. The van der Waals surface area contributed by atoms with Crippen LogP contribution in [0.3, 0.4) is 0 Å². The first kappa shape index (κ1) is 22.3. The molecule has 1 saturated heterocycles. The van der Waals surface area contributed by atoms with Crippen molar-refractivity contribution in [3.05, 3.63) is 82.4 Å². The molecule has 8 heteroatoms. The van der Waals surface area contributed by atoms with E-state index >= 15 is 0 Å². The first-order valence-electron chi connectivity index (χ1n) is 10.7. The lowest BCUT2D eigenvalue weighted by Crippen LogP contribution is -2.29. The molecule has 1 amide bonds. The molecule has 0 radical (unpaired) electrons. The molecule has 0 spiro atoms. The van der Waals surface area contributed by atoms with Gasteiger partial charge >= 0.3 is 0 Å². The van der Waals surface area contributed by atoms with Crippen molar-refractivity contribution in [3.63, 3.8) is 0 Å². The summed E-state index contributed by atoms with van der Waals surface area (Å²) in [6.45, 7) is 7.50. The molecular weight excluding hydrogens is 420 g/mol. The summed E-state index contributed by atoms with van der Waals surface area (Å²) in [5, 5.41) is 18.2. The Morgan fingerprint density at radius 3 is 2.64 bits per heavy atom. The molecule has 1 aliphatic heterocycles. The van der Waals surface area contributed by atoms with Gasteiger partial charge in [0.15, 0.2) is 0 Å². The molecule has 0 saturated carbocycles. The number of H-pyrrole nitrogens is 1. The molecule has 1 fully saturated rings. The number of aromatic amines is 1.